The van der Waals surface area contributed by atoms with Crippen molar-refractivity contribution in [1.29, 1.82) is 0 Å². The third-order valence-corrected chi connectivity index (χ3v) is 2.53. The van der Waals surface area contributed by atoms with E-state index >= 15 is 0 Å². The van der Waals surface area contributed by atoms with Crippen molar-refractivity contribution in [2.24, 2.45) is 11.8 Å². The fourth-order valence-corrected chi connectivity index (χ4v) is 1.63. The zero-order valence-electron chi connectivity index (χ0n) is 9.46. The van der Waals surface area contributed by atoms with Crippen LogP contribution in [0.1, 0.15) is 39.2 Å². The van der Waals surface area contributed by atoms with Crippen molar-refractivity contribution in [3.8, 4) is 0 Å². The molecular formula is C14H20. The molecule has 0 aliphatic heterocycles. The summed E-state index contributed by atoms with van der Waals surface area (Å²) < 4.78 is 0. The maximum Gasteiger partial charge on any atom is 0.0201 e. The average Bonchev–Trinajstić information content (AvgIpc) is 2.18. The van der Waals surface area contributed by atoms with Gasteiger partial charge in [0.2, 0.25) is 0 Å². The monoisotopic (exact) mass is 188 g/mol. The minimum absolute atomic E-state index is 0.599. The predicted molar refractivity (Wildman–Crippen MR) is 62.0 cm³/mol. The number of rotatable bonds is 5. The third kappa shape index (κ3) is 3.53. The van der Waals surface area contributed by atoms with Crippen LogP contribution >= 0.6 is 0 Å². The van der Waals surface area contributed by atoms with Gasteiger partial charge in [-0.15, -0.1) is 0 Å². The molecular weight excluding hydrogens is 168 g/mol. The van der Waals surface area contributed by atoms with Gasteiger partial charge in [-0.3, -0.25) is 0 Å². The third-order valence-electron chi connectivity index (χ3n) is 2.53. The Kier molecular flexibility index (Phi) is 4.72. The second kappa shape index (κ2) is 5.85. The fourth-order valence-electron chi connectivity index (χ4n) is 1.63. The smallest absolute Gasteiger partial charge is 0.0201 e. The van der Waals surface area contributed by atoms with E-state index in [4.69, 9.17) is 0 Å². The molecule has 0 aliphatic rings. The fraction of sp³-hybridized carbons (Fsp3) is 0.500. The van der Waals surface area contributed by atoms with Crippen molar-refractivity contribution in [2.45, 2.75) is 33.6 Å². The van der Waals surface area contributed by atoms with Crippen molar-refractivity contribution in [2.75, 3.05) is 0 Å². The van der Waals surface area contributed by atoms with Crippen molar-refractivity contribution in [3.05, 3.63) is 42.3 Å². The standard InChI is InChI=1S/C14H20/c1-4-8-14(12(2)3)11-13-9-6-5-7-10-13/h5-7,9-10,12,14H,4,8H2,1-3H3. The van der Waals surface area contributed by atoms with Gasteiger partial charge in [0, 0.05) is 6.42 Å². The predicted octanol–water partition coefficient (Wildman–Crippen LogP) is 4.19. The Labute approximate surface area is 88.4 Å². The second-order valence-corrected chi connectivity index (χ2v) is 4.15. The molecule has 14 heavy (non-hydrogen) atoms. The number of hydrogen-bond acceptors (Lipinski definition) is 0. The van der Waals surface area contributed by atoms with Crippen LogP contribution < -0.4 is 0 Å². The van der Waals surface area contributed by atoms with Crippen LogP contribution in [0.2, 0.25) is 0 Å². The Bertz CT molecular complexity index is 235. The summed E-state index contributed by atoms with van der Waals surface area (Å²) >= 11 is 0. The molecule has 0 fully saturated rings. The van der Waals surface area contributed by atoms with Crippen molar-refractivity contribution in [1.82, 2.24) is 0 Å². The highest BCUT2D eigenvalue weighted by Crippen LogP contribution is 2.23. The Balaban J connectivity index is 2.55. The van der Waals surface area contributed by atoms with Gasteiger partial charge in [-0.2, -0.15) is 0 Å². The van der Waals surface area contributed by atoms with E-state index in [0.717, 1.165) is 0 Å². The molecule has 0 nitrogen and oxygen atoms in total. The lowest BCUT2D eigenvalue weighted by atomic mass is 9.86. The lowest BCUT2D eigenvalue weighted by molar-refractivity contribution is 0.411. The van der Waals surface area contributed by atoms with Gasteiger partial charge in [-0.05, 0) is 23.8 Å². The molecule has 0 heteroatoms. The first-order chi connectivity index (χ1) is 6.74. The van der Waals surface area contributed by atoms with Crippen LogP contribution in [0.15, 0.2) is 30.3 Å². The largest absolute Gasteiger partial charge is 0.0654 e. The summed E-state index contributed by atoms with van der Waals surface area (Å²) in [6.45, 7) is 6.79. The molecule has 76 valence electrons. The summed E-state index contributed by atoms with van der Waals surface area (Å²) in [5.41, 5.74) is 1.24. The molecule has 1 aromatic rings. The molecule has 0 spiro atoms. The number of hydrogen-bond donors (Lipinski definition) is 0. The highest BCUT2D eigenvalue weighted by atomic mass is 14.2. The molecule has 0 bridgehead atoms. The van der Waals surface area contributed by atoms with Gasteiger partial charge in [0.1, 0.15) is 0 Å². The van der Waals surface area contributed by atoms with Crippen LogP contribution in [-0.4, -0.2) is 0 Å². The van der Waals surface area contributed by atoms with Crippen LogP contribution in [0.5, 0.6) is 0 Å². The van der Waals surface area contributed by atoms with Crippen molar-refractivity contribution in [3.63, 3.8) is 0 Å². The molecule has 0 saturated carbocycles. The zero-order valence-corrected chi connectivity index (χ0v) is 9.46. The van der Waals surface area contributed by atoms with Gasteiger partial charge in [0.05, 0.1) is 0 Å². The first-order valence-electron chi connectivity index (χ1n) is 5.55. The van der Waals surface area contributed by atoms with Crippen molar-refractivity contribution < 1.29 is 0 Å². The van der Waals surface area contributed by atoms with E-state index < -0.39 is 0 Å². The van der Waals surface area contributed by atoms with E-state index in [0.29, 0.717) is 11.8 Å². The van der Waals surface area contributed by atoms with Gasteiger partial charge in [0.15, 0.2) is 0 Å². The van der Waals surface area contributed by atoms with Gasteiger partial charge in [0.25, 0.3) is 0 Å². The highest BCUT2D eigenvalue weighted by molar-refractivity contribution is 5.23. The van der Waals surface area contributed by atoms with Crippen LogP contribution in [-0.2, 0) is 0 Å². The highest BCUT2D eigenvalue weighted by Gasteiger charge is 2.13. The van der Waals surface area contributed by atoms with Crippen LogP contribution in [0.3, 0.4) is 0 Å². The normalized spacial score (nSPS) is 13.1. The van der Waals surface area contributed by atoms with Gasteiger partial charge in [-0.25, -0.2) is 0 Å². The molecule has 0 saturated heterocycles. The first-order valence-corrected chi connectivity index (χ1v) is 5.55. The number of benzene rings is 1. The van der Waals surface area contributed by atoms with Crippen LogP contribution in [0, 0.1) is 18.3 Å². The van der Waals surface area contributed by atoms with Gasteiger partial charge < -0.3 is 0 Å². The molecule has 0 N–H and O–H groups in total. The molecule has 1 atom stereocenters. The minimum Gasteiger partial charge on any atom is -0.0654 e. The van der Waals surface area contributed by atoms with E-state index in [1.54, 1.807) is 0 Å². The van der Waals surface area contributed by atoms with E-state index in [1.165, 1.54) is 18.4 Å². The lowest BCUT2D eigenvalue weighted by Gasteiger charge is -2.19. The van der Waals surface area contributed by atoms with E-state index in [9.17, 15) is 0 Å². The quantitative estimate of drug-likeness (QED) is 0.650. The summed E-state index contributed by atoms with van der Waals surface area (Å²) in [5.74, 6) is 1.29. The van der Waals surface area contributed by atoms with E-state index in [2.05, 4.69) is 57.5 Å². The summed E-state index contributed by atoms with van der Waals surface area (Å²) in [6.07, 6.45) is 6.06. The molecule has 1 aromatic carbocycles. The molecule has 0 aliphatic carbocycles. The van der Waals surface area contributed by atoms with E-state index in [-0.39, 0.29) is 0 Å². The summed E-state index contributed by atoms with van der Waals surface area (Å²) in [5, 5.41) is 0. The summed E-state index contributed by atoms with van der Waals surface area (Å²) in [4.78, 5) is 0. The first kappa shape index (κ1) is 11.3. The molecule has 1 rings (SSSR count). The maximum absolute atomic E-state index is 3.58. The summed E-state index contributed by atoms with van der Waals surface area (Å²) in [6, 6.07) is 10.5. The molecule has 0 heterocycles. The molecule has 2 radical (unpaired) electrons. The summed E-state index contributed by atoms with van der Waals surface area (Å²) in [7, 11) is 0. The van der Waals surface area contributed by atoms with Crippen LogP contribution in [0.4, 0.5) is 0 Å². The average molecular weight is 188 g/mol. The van der Waals surface area contributed by atoms with E-state index in [1.807, 2.05) is 0 Å². The second-order valence-electron chi connectivity index (χ2n) is 4.15. The maximum atomic E-state index is 3.58. The Morgan fingerprint density at radius 1 is 1.14 bits per heavy atom. The van der Waals surface area contributed by atoms with Gasteiger partial charge in [-0.1, -0.05) is 57.5 Å². The SMILES string of the molecule is CCCC([C]c1ccccc1)C(C)C. The van der Waals surface area contributed by atoms with Crippen LogP contribution in [0.25, 0.3) is 0 Å². The Hall–Kier alpha value is -0.780. The topological polar surface area (TPSA) is 0 Å². The Morgan fingerprint density at radius 3 is 2.29 bits per heavy atom. The molecule has 1 unspecified atom stereocenters. The van der Waals surface area contributed by atoms with Gasteiger partial charge >= 0.3 is 0 Å². The molecule has 0 amide bonds. The zero-order chi connectivity index (χ0) is 10.4. The Morgan fingerprint density at radius 2 is 1.79 bits per heavy atom. The minimum atomic E-state index is 0.599. The lowest BCUT2D eigenvalue weighted by Crippen LogP contribution is -2.09. The molecule has 0 aromatic heterocycles. The van der Waals surface area contributed by atoms with Crippen molar-refractivity contribution >= 4 is 0 Å².